The predicted molar refractivity (Wildman–Crippen MR) is 36.1 cm³/mol. The number of rotatable bonds is 4. The largest absolute Gasteiger partial charge is 0.390 e. The molecule has 0 spiro atoms. The lowest BCUT2D eigenvalue weighted by Crippen LogP contribution is -2.17. The van der Waals surface area contributed by atoms with Gasteiger partial charge in [-0.2, -0.15) is 21.6 Å². The molecule has 0 amide bonds. The molecule has 0 aromatic heterocycles. The summed E-state index contributed by atoms with van der Waals surface area (Å²) in [5.41, 5.74) is 0. The Kier molecular flexibility index (Phi) is 3.98. The second kappa shape index (κ2) is 4.08. The van der Waals surface area contributed by atoms with E-state index in [-0.39, 0.29) is 6.61 Å². The quantitative estimate of drug-likeness (QED) is 0.651. The molecule has 0 aromatic rings. The van der Waals surface area contributed by atoms with E-state index in [9.17, 15) is 21.6 Å². The van der Waals surface area contributed by atoms with Crippen LogP contribution >= 0.6 is 0 Å². The van der Waals surface area contributed by atoms with Gasteiger partial charge in [-0.15, -0.1) is 0 Å². The molecule has 0 N–H and O–H groups in total. The molecule has 0 rings (SSSR count). The van der Waals surface area contributed by atoms with Crippen LogP contribution < -0.4 is 0 Å². The minimum Gasteiger partial charge on any atom is -0.270 e. The minimum absolute atomic E-state index is 0.139. The Morgan fingerprint density at radius 1 is 1.33 bits per heavy atom. The molecule has 0 fully saturated rings. The van der Waals surface area contributed by atoms with E-state index in [0.717, 1.165) is 0 Å². The van der Waals surface area contributed by atoms with Crippen LogP contribution in [0.4, 0.5) is 13.2 Å². The number of alkyl halides is 3. The van der Waals surface area contributed by atoms with Crippen LogP contribution in [0.2, 0.25) is 0 Å². The van der Waals surface area contributed by atoms with E-state index in [1.165, 1.54) is 6.92 Å². The SMILES string of the molecule is CCOS(=O)(=O)CCC(F)(F)F. The highest BCUT2D eigenvalue weighted by Crippen LogP contribution is 2.20. The molecule has 0 radical (unpaired) electrons. The van der Waals surface area contributed by atoms with E-state index >= 15 is 0 Å². The molecule has 0 bridgehead atoms. The standard InChI is InChI=1S/C5H9F3O3S/c1-2-11-12(9,10)4-3-5(6,7)8/h2-4H2,1H3. The predicted octanol–water partition coefficient (Wildman–Crippen LogP) is 1.31. The van der Waals surface area contributed by atoms with Crippen LogP contribution in [0.5, 0.6) is 0 Å². The van der Waals surface area contributed by atoms with Crippen LogP contribution in [-0.4, -0.2) is 27.0 Å². The third-order valence-electron chi connectivity index (χ3n) is 0.933. The fourth-order valence-electron chi connectivity index (χ4n) is 0.479. The minimum atomic E-state index is -4.45. The van der Waals surface area contributed by atoms with Crippen molar-refractivity contribution < 1.29 is 25.8 Å². The van der Waals surface area contributed by atoms with Crippen molar-refractivity contribution in [3.63, 3.8) is 0 Å². The van der Waals surface area contributed by atoms with E-state index in [4.69, 9.17) is 0 Å². The molecule has 0 saturated heterocycles. The first-order valence-corrected chi connectivity index (χ1v) is 4.78. The Hall–Kier alpha value is -0.300. The van der Waals surface area contributed by atoms with Crippen molar-refractivity contribution in [3.8, 4) is 0 Å². The van der Waals surface area contributed by atoms with Gasteiger partial charge in [-0.1, -0.05) is 0 Å². The zero-order valence-corrected chi connectivity index (χ0v) is 7.20. The van der Waals surface area contributed by atoms with Gasteiger partial charge in [0.2, 0.25) is 0 Å². The maximum atomic E-state index is 11.5. The van der Waals surface area contributed by atoms with E-state index in [1.807, 2.05) is 0 Å². The third kappa shape index (κ3) is 6.41. The van der Waals surface area contributed by atoms with Crippen LogP contribution in [0, 0.1) is 0 Å². The molecule has 0 heterocycles. The number of halogens is 3. The molecule has 74 valence electrons. The monoisotopic (exact) mass is 206 g/mol. The molecule has 0 aliphatic heterocycles. The van der Waals surface area contributed by atoms with Gasteiger partial charge in [-0.3, -0.25) is 4.18 Å². The van der Waals surface area contributed by atoms with Gasteiger partial charge in [0, 0.05) is 0 Å². The van der Waals surface area contributed by atoms with Crippen molar-refractivity contribution in [1.29, 1.82) is 0 Å². The Balaban J connectivity index is 3.94. The zero-order chi connectivity index (χ0) is 9.83. The smallest absolute Gasteiger partial charge is 0.270 e. The molecule has 7 heteroatoms. The van der Waals surface area contributed by atoms with Gasteiger partial charge >= 0.3 is 6.18 Å². The third-order valence-corrected chi connectivity index (χ3v) is 2.23. The fourth-order valence-corrected chi connectivity index (χ4v) is 1.44. The summed E-state index contributed by atoms with van der Waals surface area (Å²) in [5.74, 6) is -1.01. The summed E-state index contributed by atoms with van der Waals surface area (Å²) < 4.78 is 59.7. The van der Waals surface area contributed by atoms with Gasteiger partial charge in [0.25, 0.3) is 10.1 Å². The zero-order valence-electron chi connectivity index (χ0n) is 6.39. The highest BCUT2D eigenvalue weighted by molar-refractivity contribution is 7.86. The van der Waals surface area contributed by atoms with Gasteiger partial charge in [-0.05, 0) is 6.92 Å². The summed E-state index contributed by atoms with van der Waals surface area (Å²) in [4.78, 5) is 0. The molecular formula is C5H9F3O3S. The number of hydrogen-bond acceptors (Lipinski definition) is 3. The van der Waals surface area contributed by atoms with Crippen molar-refractivity contribution in [2.75, 3.05) is 12.4 Å². The average molecular weight is 206 g/mol. The normalized spacial score (nSPS) is 13.3. The average Bonchev–Trinajstić information content (AvgIpc) is 1.83. The molecule has 0 atom stereocenters. The van der Waals surface area contributed by atoms with Gasteiger partial charge in [0.05, 0.1) is 18.8 Å². The second-order valence-corrected chi connectivity index (χ2v) is 3.79. The summed E-state index contributed by atoms with van der Waals surface area (Å²) in [6, 6.07) is 0. The summed E-state index contributed by atoms with van der Waals surface area (Å²) in [5, 5.41) is 0. The topological polar surface area (TPSA) is 43.4 Å². The molecule has 3 nitrogen and oxygen atoms in total. The Bertz CT molecular complexity index is 219. The summed E-state index contributed by atoms with van der Waals surface area (Å²) in [6.07, 6.45) is -5.82. The van der Waals surface area contributed by atoms with Crippen LogP contribution in [0.15, 0.2) is 0 Å². The lowest BCUT2D eigenvalue weighted by molar-refractivity contribution is -0.130. The van der Waals surface area contributed by atoms with E-state index in [2.05, 4.69) is 4.18 Å². The fraction of sp³-hybridized carbons (Fsp3) is 1.00. The maximum absolute atomic E-state index is 11.5. The Morgan fingerprint density at radius 3 is 2.17 bits per heavy atom. The number of hydrogen-bond donors (Lipinski definition) is 0. The summed E-state index contributed by atoms with van der Waals surface area (Å²) >= 11 is 0. The van der Waals surface area contributed by atoms with Crippen molar-refractivity contribution in [3.05, 3.63) is 0 Å². The molecule has 0 aliphatic rings. The van der Waals surface area contributed by atoms with Crippen LogP contribution in [0.3, 0.4) is 0 Å². The lowest BCUT2D eigenvalue weighted by Gasteiger charge is -2.05. The molecule has 0 aliphatic carbocycles. The van der Waals surface area contributed by atoms with Gasteiger partial charge in [-0.25, -0.2) is 0 Å². The van der Waals surface area contributed by atoms with E-state index in [1.54, 1.807) is 0 Å². The second-order valence-electron chi connectivity index (χ2n) is 2.03. The Labute approximate surface area is 68.6 Å². The molecule has 0 aromatic carbocycles. The maximum Gasteiger partial charge on any atom is 0.390 e. The van der Waals surface area contributed by atoms with Crippen molar-refractivity contribution in [1.82, 2.24) is 0 Å². The first kappa shape index (κ1) is 11.7. The lowest BCUT2D eigenvalue weighted by atomic mass is 10.5. The van der Waals surface area contributed by atoms with Crippen molar-refractivity contribution in [2.24, 2.45) is 0 Å². The van der Waals surface area contributed by atoms with E-state index in [0.29, 0.717) is 0 Å². The summed E-state index contributed by atoms with van der Waals surface area (Å²) in [7, 11) is -3.98. The molecule has 12 heavy (non-hydrogen) atoms. The van der Waals surface area contributed by atoms with Gasteiger partial charge in [0.1, 0.15) is 0 Å². The first-order chi connectivity index (χ1) is 5.27. The molecule has 0 unspecified atom stereocenters. The highest BCUT2D eigenvalue weighted by Gasteiger charge is 2.29. The van der Waals surface area contributed by atoms with Crippen LogP contribution in [-0.2, 0) is 14.3 Å². The van der Waals surface area contributed by atoms with Crippen LogP contribution in [0.1, 0.15) is 13.3 Å². The Morgan fingerprint density at radius 2 is 1.83 bits per heavy atom. The highest BCUT2D eigenvalue weighted by atomic mass is 32.2. The van der Waals surface area contributed by atoms with Gasteiger partial charge in [0.15, 0.2) is 0 Å². The van der Waals surface area contributed by atoms with E-state index < -0.39 is 28.5 Å². The molecular weight excluding hydrogens is 197 g/mol. The first-order valence-electron chi connectivity index (χ1n) is 3.20. The van der Waals surface area contributed by atoms with Gasteiger partial charge < -0.3 is 0 Å². The van der Waals surface area contributed by atoms with Crippen LogP contribution in [0.25, 0.3) is 0 Å². The molecule has 0 saturated carbocycles. The van der Waals surface area contributed by atoms with Crippen molar-refractivity contribution >= 4 is 10.1 Å². The summed E-state index contributed by atoms with van der Waals surface area (Å²) in [6.45, 7) is 1.26. The van der Waals surface area contributed by atoms with Crippen molar-refractivity contribution in [2.45, 2.75) is 19.5 Å².